The Hall–Kier alpha value is -4.27. The number of benzene rings is 3. The van der Waals surface area contributed by atoms with Crippen molar-refractivity contribution in [1.82, 2.24) is 30.2 Å². The minimum atomic E-state index is -0.372. The lowest BCUT2D eigenvalue weighted by atomic mass is 9.98. The zero-order chi connectivity index (χ0) is 28.9. The summed E-state index contributed by atoms with van der Waals surface area (Å²) < 4.78 is 0. The average Bonchev–Trinajstić information content (AvgIpc) is 3.55. The molecule has 3 aliphatic rings. The number of carbonyl (C=O) groups is 1. The van der Waals surface area contributed by atoms with Crippen molar-refractivity contribution in [2.45, 2.75) is 56.7 Å². The van der Waals surface area contributed by atoms with E-state index in [1.807, 2.05) is 17.3 Å². The van der Waals surface area contributed by atoms with Gasteiger partial charge in [-0.2, -0.15) is 0 Å². The topological polar surface area (TPSA) is 116 Å². The van der Waals surface area contributed by atoms with Crippen LogP contribution < -0.4 is 11.1 Å². The smallest absolute Gasteiger partial charge is 0.240 e. The lowest BCUT2D eigenvalue weighted by Gasteiger charge is -2.26. The molecular formula is C35H37N7O. The van der Waals surface area contributed by atoms with E-state index >= 15 is 0 Å². The van der Waals surface area contributed by atoms with Gasteiger partial charge < -0.3 is 25.9 Å². The van der Waals surface area contributed by atoms with Gasteiger partial charge in [0.15, 0.2) is 0 Å². The fourth-order valence-electron chi connectivity index (χ4n) is 6.83. The molecule has 3 atom stereocenters. The second-order valence-corrected chi connectivity index (χ2v) is 12.4. The van der Waals surface area contributed by atoms with E-state index in [4.69, 9.17) is 10.7 Å². The number of nitrogens with zero attached hydrogens (tertiary/aromatic N) is 3. The van der Waals surface area contributed by atoms with E-state index in [0.29, 0.717) is 12.0 Å². The molecule has 2 aliphatic heterocycles. The van der Waals surface area contributed by atoms with E-state index < -0.39 is 0 Å². The summed E-state index contributed by atoms with van der Waals surface area (Å²) in [6.45, 7) is 1.81. The highest BCUT2D eigenvalue weighted by atomic mass is 16.2. The standard InChI is InChI=1S/C35H37N7O/c36-32(23-9-10-23)35(43)42-16-2-4-31(42)34-39-19-29(41-34)22-7-5-21(6-8-22)24-11-12-26-18-27(14-13-25(26)17-24)30-20-38-33(40-30)28-3-1-15-37-28/h5-8,11-14,17-20,23,28,31-32,37H,1-4,9-10,15-16,36H2,(H,38,40)(H,39,41)/t28-,31-,32-/m0/s1. The SMILES string of the molecule is N[C@H](C(=O)N1CCC[C@H]1c1ncc(-c2ccc(-c3ccc4cc(-c5cnc([C@@H]6CCCN6)[nH]5)ccc4c3)cc2)[nH]1)C1CC1. The molecule has 0 spiro atoms. The molecule has 8 rings (SSSR count). The van der Waals surface area contributed by atoms with Gasteiger partial charge in [0.2, 0.25) is 5.91 Å². The summed E-state index contributed by atoms with van der Waals surface area (Å²) in [5.74, 6) is 2.31. The van der Waals surface area contributed by atoms with Crippen LogP contribution in [0.2, 0.25) is 0 Å². The van der Waals surface area contributed by atoms with Crippen LogP contribution in [-0.2, 0) is 4.79 Å². The predicted octanol–water partition coefficient (Wildman–Crippen LogP) is 6.11. The van der Waals surface area contributed by atoms with E-state index in [1.54, 1.807) is 0 Å². The van der Waals surface area contributed by atoms with E-state index in [9.17, 15) is 4.79 Å². The van der Waals surface area contributed by atoms with Gasteiger partial charge in [0.25, 0.3) is 0 Å². The summed E-state index contributed by atoms with van der Waals surface area (Å²) in [6, 6.07) is 21.8. The minimum absolute atomic E-state index is 0.0249. The third kappa shape index (κ3) is 5.04. The Kier molecular flexibility index (Phi) is 6.61. The van der Waals surface area contributed by atoms with Crippen LogP contribution >= 0.6 is 0 Å². The number of aromatic nitrogens is 4. The number of amides is 1. The quantitative estimate of drug-likeness (QED) is 0.188. The zero-order valence-corrected chi connectivity index (χ0v) is 24.2. The molecule has 1 aliphatic carbocycles. The number of hydrogen-bond donors (Lipinski definition) is 4. The van der Waals surface area contributed by atoms with Crippen molar-refractivity contribution < 1.29 is 4.79 Å². The molecule has 4 heterocycles. The Balaban J connectivity index is 0.980. The van der Waals surface area contributed by atoms with Crippen LogP contribution in [0.3, 0.4) is 0 Å². The maximum Gasteiger partial charge on any atom is 0.240 e. The molecule has 5 N–H and O–H groups in total. The Morgan fingerprint density at radius 3 is 2.16 bits per heavy atom. The number of likely N-dealkylation sites (tertiary alicyclic amines) is 1. The van der Waals surface area contributed by atoms with Crippen LogP contribution in [0.25, 0.3) is 44.4 Å². The van der Waals surface area contributed by atoms with Gasteiger partial charge in [-0.3, -0.25) is 4.79 Å². The molecule has 0 radical (unpaired) electrons. The highest BCUT2D eigenvalue weighted by Gasteiger charge is 2.40. The van der Waals surface area contributed by atoms with Crippen molar-refractivity contribution in [3.05, 3.63) is 84.7 Å². The molecule has 5 aromatic rings. The first-order valence-corrected chi connectivity index (χ1v) is 15.6. The van der Waals surface area contributed by atoms with Gasteiger partial charge in [-0.05, 0) is 90.6 Å². The van der Waals surface area contributed by atoms with Gasteiger partial charge in [0.05, 0.1) is 41.9 Å². The Labute approximate surface area is 251 Å². The minimum Gasteiger partial charge on any atom is -0.341 e. The molecule has 2 aromatic heterocycles. The molecule has 3 aromatic carbocycles. The number of rotatable bonds is 7. The third-order valence-corrected chi connectivity index (χ3v) is 9.53. The van der Waals surface area contributed by atoms with E-state index in [-0.39, 0.29) is 18.0 Å². The number of carbonyl (C=O) groups excluding carboxylic acids is 1. The summed E-state index contributed by atoms with van der Waals surface area (Å²) in [5.41, 5.74) is 12.8. The lowest BCUT2D eigenvalue weighted by molar-refractivity contribution is -0.134. The van der Waals surface area contributed by atoms with Crippen molar-refractivity contribution in [3.8, 4) is 33.6 Å². The van der Waals surface area contributed by atoms with Gasteiger partial charge in [-0.25, -0.2) is 9.97 Å². The van der Waals surface area contributed by atoms with Gasteiger partial charge in [-0.15, -0.1) is 0 Å². The molecule has 218 valence electrons. The first kappa shape index (κ1) is 26.4. The maximum absolute atomic E-state index is 13.0. The molecule has 8 nitrogen and oxygen atoms in total. The molecule has 1 saturated carbocycles. The molecular weight excluding hydrogens is 534 g/mol. The summed E-state index contributed by atoms with van der Waals surface area (Å²) in [5, 5.41) is 5.92. The second-order valence-electron chi connectivity index (χ2n) is 12.4. The van der Waals surface area contributed by atoms with Crippen LogP contribution in [0.5, 0.6) is 0 Å². The number of nitrogens with two attached hydrogens (primary N) is 1. The third-order valence-electron chi connectivity index (χ3n) is 9.53. The van der Waals surface area contributed by atoms with E-state index in [1.165, 1.54) is 28.3 Å². The summed E-state index contributed by atoms with van der Waals surface area (Å²) in [6.07, 6.45) is 10.2. The fourth-order valence-corrected chi connectivity index (χ4v) is 6.83. The van der Waals surface area contributed by atoms with Crippen molar-refractivity contribution in [2.24, 2.45) is 11.7 Å². The molecule has 1 amide bonds. The molecule has 8 heteroatoms. The highest BCUT2D eigenvalue weighted by molar-refractivity contribution is 5.90. The Bertz CT molecular complexity index is 1780. The lowest BCUT2D eigenvalue weighted by Crippen LogP contribution is -2.44. The maximum atomic E-state index is 13.0. The molecule has 3 fully saturated rings. The van der Waals surface area contributed by atoms with Gasteiger partial charge in [-0.1, -0.05) is 48.5 Å². The van der Waals surface area contributed by atoms with Crippen LogP contribution in [0.4, 0.5) is 0 Å². The van der Waals surface area contributed by atoms with Crippen molar-refractivity contribution in [2.75, 3.05) is 13.1 Å². The van der Waals surface area contributed by atoms with Crippen LogP contribution in [0, 0.1) is 5.92 Å². The molecule has 0 unspecified atom stereocenters. The number of imidazole rings is 2. The van der Waals surface area contributed by atoms with Gasteiger partial charge in [0, 0.05) is 12.1 Å². The van der Waals surface area contributed by atoms with Crippen molar-refractivity contribution in [1.29, 1.82) is 0 Å². The predicted molar refractivity (Wildman–Crippen MR) is 169 cm³/mol. The monoisotopic (exact) mass is 571 g/mol. The molecule has 0 bridgehead atoms. The van der Waals surface area contributed by atoms with E-state index in [2.05, 4.69) is 80.9 Å². The summed E-state index contributed by atoms with van der Waals surface area (Å²) in [7, 11) is 0. The Morgan fingerprint density at radius 2 is 1.42 bits per heavy atom. The van der Waals surface area contributed by atoms with Crippen LogP contribution in [0.1, 0.15) is 62.3 Å². The van der Waals surface area contributed by atoms with E-state index in [0.717, 1.165) is 79.4 Å². The van der Waals surface area contributed by atoms with Crippen LogP contribution in [0.15, 0.2) is 73.1 Å². The second kappa shape index (κ2) is 10.8. The normalized spacial score (nSPS) is 21.1. The fraction of sp³-hybridized carbons (Fsp3) is 0.343. The number of nitrogens with one attached hydrogen (secondary N) is 3. The van der Waals surface area contributed by atoms with Crippen molar-refractivity contribution >= 4 is 16.7 Å². The van der Waals surface area contributed by atoms with Crippen LogP contribution in [-0.4, -0.2) is 49.9 Å². The number of fused-ring (bicyclic) bond motifs is 1. The number of aromatic amines is 2. The Morgan fingerprint density at radius 1 is 0.767 bits per heavy atom. The first-order chi connectivity index (χ1) is 21.1. The average molecular weight is 572 g/mol. The van der Waals surface area contributed by atoms with Gasteiger partial charge >= 0.3 is 0 Å². The highest BCUT2D eigenvalue weighted by Crippen LogP contribution is 2.37. The largest absolute Gasteiger partial charge is 0.341 e. The first-order valence-electron chi connectivity index (χ1n) is 15.6. The van der Waals surface area contributed by atoms with Crippen molar-refractivity contribution in [3.63, 3.8) is 0 Å². The van der Waals surface area contributed by atoms with Gasteiger partial charge in [0.1, 0.15) is 11.6 Å². The number of H-pyrrole nitrogens is 2. The summed E-state index contributed by atoms with van der Waals surface area (Å²) >= 11 is 0. The summed E-state index contributed by atoms with van der Waals surface area (Å²) in [4.78, 5) is 31.3. The molecule has 43 heavy (non-hydrogen) atoms. The zero-order valence-electron chi connectivity index (χ0n) is 24.2. The molecule has 2 saturated heterocycles. The number of hydrogen-bond acceptors (Lipinski definition) is 5.